The molecule has 0 bridgehead atoms. The van der Waals surface area contributed by atoms with Crippen LogP contribution in [0.5, 0.6) is 0 Å². The van der Waals surface area contributed by atoms with Crippen LogP contribution < -0.4 is 11.1 Å². The number of aromatic nitrogens is 3. The summed E-state index contributed by atoms with van der Waals surface area (Å²) in [6.07, 6.45) is 5.73. The predicted octanol–water partition coefficient (Wildman–Crippen LogP) is 3.80. The van der Waals surface area contributed by atoms with E-state index in [-0.39, 0.29) is 34.6 Å². The Morgan fingerprint density at radius 3 is 2.82 bits per heavy atom. The SMILES string of the molecule is CNc1cnccc1C1CC(O)[C@@H](CF)[C@@H](Cc2cccc(F)c2-c2ncc(N)c(C=O)n2)C1. The Balaban J connectivity index is 1.70. The molecule has 7 nitrogen and oxygen atoms in total. The molecule has 3 aromatic rings. The van der Waals surface area contributed by atoms with Gasteiger partial charge in [-0.05, 0) is 54.4 Å². The van der Waals surface area contributed by atoms with Gasteiger partial charge in [0.05, 0.1) is 42.1 Å². The van der Waals surface area contributed by atoms with Gasteiger partial charge in [-0.1, -0.05) is 12.1 Å². The third-order valence-electron chi connectivity index (χ3n) is 6.72. The number of carbonyl (C=O) groups excluding carboxylic acids is 1. The second-order valence-corrected chi connectivity index (χ2v) is 8.66. The van der Waals surface area contributed by atoms with Gasteiger partial charge in [-0.2, -0.15) is 0 Å². The lowest BCUT2D eigenvalue weighted by Gasteiger charge is -2.39. The van der Waals surface area contributed by atoms with Crippen molar-refractivity contribution in [3.05, 3.63) is 65.5 Å². The molecule has 1 aromatic carbocycles. The van der Waals surface area contributed by atoms with Crippen molar-refractivity contribution in [2.45, 2.75) is 31.3 Å². The van der Waals surface area contributed by atoms with Gasteiger partial charge in [0.15, 0.2) is 12.1 Å². The molecule has 4 atom stereocenters. The summed E-state index contributed by atoms with van der Waals surface area (Å²) in [5.74, 6) is -1.35. The number of aldehydes is 1. The van der Waals surface area contributed by atoms with Crippen LogP contribution in [0, 0.1) is 17.7 Å². The van der Waals surface area contributed by atoms with Crippen molar-refractivity contribution in [3.63, 3.8) is 0 Å². The largest absolute Gasteiger partial charge is 0.396 e. The first-order valence-corrected chi connectivity index (χ1v) is 11.2. The topological polar surface area (TPSA) is 114 Å². The van der Waals surface area contributed by atoms with Crippen LogP contribution in [0.4, 0.5) is 20.2 Å². The van der Waals surface area contributed by atoms with Crippen LogP contribution in [0.2, 0.25) is 0 Å². The van der Waals surface area contributed by atoms with Crippen LogP contribution in [-0.2, 0) is 6.42 Å². The number of hydrogen-bond acceptors (Lipinski definition) is 7. The lowest BCUT2D eigenvalue weighted by Crippen LogP contribution is -2.38. The lowest BCUT2D eigenvalue weighted by atomic mass is 9.68. The number of benzene rings is 1. The Morgan fingerprint density at radius 1 is 1.26 bits per heavy atom. The van der Waals surface area contributed by atoms with E-state index in [1.54, 1.807) is 31.6 Å². The highest BCUT2D eigenvalue weighted by Gasteiger charge is 2.38. The van der Waals surface area contributed by atoms with E-state index in [9.17, 15) is 18.7 Å². The number of aliphatic hydroxyl groups is 1. The summed E-state index contributed by atoms with van der Waals surface area (Å²) in [6.45, 7) is -0.675. The number of anilines is 2. The molecule has 2 heterocycles. The fourth-order valence-corrected chi connectivity index (χ4v) is 5.00. The number of nitrogen functional groups attached to an aromatic ring is 1. The zero-order valence-corrected chi connectivity index (χ0v) is 18.8. The number of aliphatic hydroxyl groups excluding tert-OH is 1. The van der Waals surface area contributed by atoms with Gasteiger partial charge in [-0.3, -0.25) is 14.2 Å². The van der Waals surface area contributed by atoms with Gasteiger partial charge < -0.3 is 16.2 Å². The fourth-order valence-electron chi connectivity index (χ4n) is 5.00. The number of nitrogens with one attached hydrogen (secondary N) is 1. The number of carbonyl (C=O) groups is 1. The van der Waals surface area contributed by atoms with E-state index < -0.39 is 24.5 Å². The maximum absolute atomic E-state index is 15.0. The van der Waals surface area contributed by atoms with Crippen molar-refractivity contribution in [1.82, 2.24) is 15.0 Å². The smallest absolute Gasteiger partial charge is 0.170 e. The zero-order valence-electron chi connectivity index (χ0n) is 18.8. The van der Waals surface area contributed by atoms with Gasteiger partial charge in [0, 0.05) is 19.2 Å². The highest BCUT2D eigenvalue weighted by Crippen LogP contribution is 2.44. The molecule has 4 N–H and O–H groups in total. The minimum atomic E-state index is -0.835. The Hall–Kier alpha value is -3.46. The van der Waals surface area contributed by atoms with E-state index in [0.29, 0.717) is 31.1 Å². The first-order valence-electron chi connectivity index (χ1n) is 11.2. The quantitative estimate of drug-likeness (QED) is 0.453. The van der Waals surface area contributed by atoms with Crippen LogP contribution in [0.3, 0.4) is 0 Å². The van der Waals surface area contributed by atoms with Crippen molar-refractivity contribution in [2.75, 3.05) is 24.8 Å². The first-order chi connectivity index (χ1) is 16.5. The van der Waals surface area contributed by atoms with Gasteiger partial charge in [0.2, 0.25) is 0 Å². The number of pyridine rings is 1. The summed E-state index contributed by atoms with van der Waals surface area (Å²) in [5.41, 5.74) is 8.41. The molecular formula is C25H27F2N5O2. The Labute approximate surface area is 196 Å². The minimum absolute atomic E-state index is 0.0142. The molecule has 0 aliphatic heterocycles. The average Bonchev–Trinajstić information content (AvgIpc) is 2.84. The number of alkyl halides is 1. The van der Waals surface area contributed by atoms with E-state index in [0.717, 1.165) is 11.3 Å². The fraction of sp³-hybridized carbons (Fsp3) is 0.360. The standard InChI is InChI=1S/C25H27F2N5O2/c1-29-21-12-30-6-5-17(21)16-8-15(18(10-26)23(34)9-16)7-14-3-2-4-19(27)24(14)25-31-11-20(28)22(13-33)32-25/h2-6,11-13,15-16,18,23,29,34H,7-10,28H2,1H3/t15-,16?,18-,23?/m0/s1. The van der Waals surface area contributed by atoms with Gasteiger partial charge >= 0.3 is 0 Å². The Bertz CT molecular complexity index is 1180. The van der Waals surface area contributed by atoms with Crippen molar-refractivity contribution in [2.24, 2.45) is 11.8 Å². The molecular weight excluding hydrogens is 440 g/mol. The van der Waals surface area contributed by atoms with Crippen LogP contribution >= 0.6 is 0 Å². The third kappa shape index (κ3) is 4.61. The molecule has 4 rings (SSSR count). The maximum atomic E-state index is 15.0. The normalized spacial score (nSPS) is 22.4. The molecule has 1 aliphatic rings. The first kappa shape index (κ1) is 23.7. The molecule has 9 heteroatoms. The molecule has 34 heavy (non-hydrogen) atoms. The summed E-state index contributed by atoms with van der Waals surface area (Å²) < 4.78 is 29.1. The van der Waals surface area contributed by atoms with Crippen molar-refractivity contribution in [3.8, 4) is 11.4 Å². The zero-order chi connectivity index (χ0) is 24.2. The van der Waals surface area contributed by atoms with Gasteiger partial charge in [-0.15, -0.1) is 0 Å². The summed E-state index contributed by atoms with van der Waals surface area (Å²) in [5, 5.41) is 14.0. The molecule has 1 fully saturated rings. The van der Waals surface area contributed by atoms with E-state index in [4.69, 9.17) is 5.73 Å². The molecule has 0 spiro atoms. The molecule has 2 unspecified atom stereocenters. The predicted molar refractivity (Wildman–Crippen MR) is 126 cm³/mol. The number of nitrogens with two attached hydrogens (primary N) is 1. The third-order valence-corrected chi connectivity index (χ3v) is 6.72. The monoisotopic (exact) mass is 467 g/mol. The number of hydrogen-bond donors (Lipinski definition) is 3. The van der Waals surface area contributed by atoms with Crippen molar-refractivity contribution < 1.29 is 18.7 Å². The molecule has 178 valence electrons. The summed E-state index contributed by atoms with van der Waals surface area (Å²) in [7, 11) is 1.81. The molecule has 0 saturated heterocycles. The molecule has 2 aromatic heterocycles. The van der Waals surface area contributed by atoms with E-state index >= 15 is 0 Å². The lowest BCUT2D eigenvalue weighted by molar-refractivity contribution is 0.0100. The van der Waals surface area contributed by atoms with E-state index in [1.165, 1.54) is 12.3 Å². The number of nitrogens with zero attached hydrogens (tertiary/aromatic N) is 3. The Kier molecular flexibility index (Phi) is 7.12. The Morgan fingerprint density at radius 2 is 2.09 bits per heavy atom. The number of halogens is 2. The van der Waals surface area contributed by atoms with Crippen LogP contribution in [0.25, 0.3) is 11.4 Å². The van der Waals surface area contributed by atoms with E-state index in [2.05, 4.69) is 20.3 Å². The average molecular weight is 468 g/mol. The molecule has 0 radical (unpaired) electrons. The molecule has 1 saturated carbocycles. The van der Waals surface area contributed by atoms with Crippen molar-refractivity contribution in [1.29, 1.82) is 0 Å². The number of rotatable bonds is 7. The summed E-state index contributed by atoms with van der Waals surface area (Å²) in [4.78, 5) is 23.7. The maximum Gasteiger partial charge on any atom is 0.170 e. The van der Waals surface area contributed by atoms with Crippen LogP contribution in [-0.4, -0.2) is 46.2 Å². The van der Waals surface area contributed by atoms with Crippen LogP contribution in [0.15, 0.2) is 42.9 Å². The van der Waals surface area contributed by atoms with Gasteiger partial charge in [-0.25, -0.2) is 14.4 Å². The second kappa shape index (κ2) is 10.2. The van der Waals surface area contributed by atoms with Crippen LogP contribution in [0.1, 0.15) is 40.4 Å². The highest BCUT2D eigenvalue weighted by molar-refractivity contribution is 5.81. The minimum Gasteiger partial charge on any atom is -0.396 e. The summed E-state index contributed by atoms with van der Waals surface area (Å²) in [6, 6.07) is 6.53. The van der Waals surface area contributed by atoms with Gasteiger partial charge in [0.1, 0.15) is 11.5 Å². The molecule has 0 amide bonds. The molecule has 1 aliphatic carbocycles. The van der Waals surface area contributed by atoms with Gasteiger partial charge in [0.25, 0.3) is 0 Å². The summed E-state index contributed by atoms with van der Waals surface area (Å²) >= 11 is 0. The van der Waals surface area contributed by atoms with Crippen molar-refractivity contribution >= 4 is 17.7 Å². The second-order valence-electron chi connectivity index (χ2n) is 8.66. The van der Waals surface area contributed by atoms with E-state index in [1.807, 2.05) is 6.07 Å². The highest BCUT2D eigenvalue weighted by atomic mass is 19.1.